The van der Waals surface area contributed by atoms with E-state index in [4.69, 9.17) is 45.5 Å². The normalized spacial score (nSPS) is 33.2. The summed E-state index contributed by atoms with van der Waals surface area (Å²) >= 11 is 10.4. The Morgan fingerprint density at radius 1 is 1.38 bits per heavy atom. The fraction of sp³-hybridized carbons (Fsp3) is 0.500. The lowest BCUT2D eigenvalue weighted by Crippen LogP contribution is -2.64. The molecule has 0 aromatic rings. The minimum atomic E-state index is -4.68. The number of phosphoric acid groups is 1. The molecular formula is C10H12N5O6PS2-2. The molecule has 3 rings (SSSR count). The van der Waals surface area contributed by atoms with Gasteiger partial charge in [-0.1, -0.05) is 0 Å². The number of carbonyl (C=O) groups is 1. The summed E-state index contributed by atoms with van der Waals surface area (Å²) in [5.41, 5.74) is 5.49. The van der Waals surface area contributed by atoms with Gasteiger partial charge < -0.3 is 45.5 Å². The summed E-state index contributed by atoms with van der Waals surface area (Å²) in [5.74, 6) is -0.395. The predicted octanol–water partition coefficient (Wildman–Crippen LogP) is -2.69. The summed E-state index contributed by atoms with van der Waals surface area (Å²) in [6, 6.07) is -1.49. The lowest BCUT2D eigenvalue weighted by atomic mass is 10.0. The maximum absolute atomic E-state index is 11.9. The second kappa shape index (κ2) is 6.28. The third kappa shape index (κ3) is 3.43. The van der Waals surface area contributed by atoms with Gasteiger partial charge in [-0.3, -0.25) is 20.0 Å². The number of carbonyl (C=O) groups excluding carboxylic acids is 1. The Morgan fingerprint density at radius 3 is 2.75 bits per heavy atom. The molecule has 24 heavy (non-hydrogen) atoms. The van der Waals surface area contributed by atoms with E-state index in [-0.39, 0.29) is 21.6 Å². The summed E-state index contributed by atoms with van der Waals surface area (Å²) in [7, 11) is -4.68. The van der Waals surface area contributed by atoms with Crippen molar-refractivity contribution in [3.8, 4) is 0 Å². The van der Waals surface area contributed by atoms with Crippen LogP contribution >= 0.6 is 7.82 Å². The number of nitrogens with zero attached hydrogens (tertiary/aromatic N) is 2. The van der Waals surface area contributed by atoms with Crippen LogP contribution in [-0.2, 0) is 43.9 Å². The fourth-order valence-electron chi connectivity index (χ4n) is 2.39. The zero-order chi connectivity index (χ0) is 17.6. The molecule has 1 amide bonds. The highest BCUT2D eigenvalue weighted by molar-refractivity contribution is 7.68. The molecule has 132 valence electrons. The molecule has 0 aromatic heterocycles. The summed E-state index contributed by atoms with van der Waals surface area (Å²) in [5, 5.41) is 5.31. The smallest absolute Gasteiger partial charge is 0.469 e. The van der Waals surface area contributed by atoms with E-state index >= 15 is 0 Å². The first-order valence-electron chi connectivity index (χ1n) is 6.58. The van der Waals surface area contributed by atoms with Crippen molar-refractivity contribution < 1.29 is 28.4 Å². The van der Waals surface area contributed by atoms with Crippen LogP contribution in [0.5, 0.6) is 0 Å². The van der Waals surface area contributed by atoms with Crippen molar-refractivity contribution in [1.82, 2.24) is 10.6 Å². The van der Waals surface area contributed by atoms with Crippen LogP contribution < -0.4 is 16.4 Å². The van der Waals surface area contributed by atoms with Crippen molar-refractivity contribution in [3.05, 3.63) is 9.81 Å². The van der Waals surface area contributed by atoms with Gasteiger partial charge in [-0.05, 0) is 0 Å². The molecule has 0 fully saturated rings. The van der Waals surface area contributed by atoms with E-state index in [2.05, 4.69) is 25.1 Å². The van der Waals surface area contributed by atoms with Crippen molar-refractivity contribution in [3.63, 3.8) is 0 Å². The fourth-order valence-corrected chi connectivity index (χ4v) is 3.28. The third-order valence-electron chi connectivity index (χ3n) is 3.41. The molecule has 0 bridgehead atoms. The minimum Gasteiger partial charge on any atom is -0.784 e. The van der Waals surface area contributed by atoms with Gasteiger partial charge >= 0.3 is 7.82 Å². The summed E-state index contributed by atoms with van der Waals surface area (Å²) < 4.78 is 20.9. The molecule has 3 aliphatic rings. The average Bonchev–Trinajstić information content (AvgIpc) is 2.47. The first-order valence-corrected chi connectivity index (χ1v) is 8.93. The minimum absolute atomic E-state index is 0.0921. The first-order chi connectivity index (χ1) is 11.2. The Kier molecular flexibility index (Phi) is 4.61. The molecule has 3 heterocycles. The monoisotopic (exact) mass is 393 g/mol. The van der Waals surface area contributed by atoms with Gasteiger partial charge in [0.2, 0.25) is 5.96 Å². The number of ether oxygens (including phenoxy) is 1. The number of nitrogens with one attached hydrogen (secondary N) is 2. The van der Waals surface area contributed by atoms with Gasteiger partial charge in [0.25, 0.3) is 5.91 Å². The lowest BCUT2D eigenvalue weighted by molar-refractivity contribution is -0.121. The van der Waals surface area contributed by atoms with Gasteiger partial charge in [0.05, 0.1) is 18.8 Å². The Hall–Kier alpha value is -1.18. The van der Waals surface area contributed by atoms with Crippen LogP contribution in [0.1, 0.15) is 0 Å². The zero-order valence-electron chi connectivity index (χ0n) is 11.8. The van der Waals surface area contributed by atoms with E-state index in [0.29, 0.717) is 0 Å². The molecule has 0 spiro atoms. The average molecular weight is 393 g/mol. The molecule has 4 atom stereocenters. The molecule has 3 aliphatic heterocycles. The van der Waals surface area contributed by atoms with Crippen molar-refractivity contribution in [1.29, 1.82) is 0 Å². The highest BCUT2D eigenvalue weighted by Crippen LogP contribution is 2.38. The highest BCUT2D eigenvalue weighted by Gasteiger charge is 2.41. The maximum atomic E-state index is 11.9. The van der Waals surface area contributed by atoms with Crippen LogP contribution in [0.15, 0.2) is 19.8 Å². The highest BCUT2D eigenvalue weighted by atomic mass is 32.1. The molecule has 6 N–H and O–H groups in total. The number of phosphoric ester groups is 1. The summed E-state index contributed by atoms with van der Waals surface area (Å²) in [4.78, 5) is 38.1. The third-order valence-corrected chi connectivity index (χ3v) is 4.98. The Bertz CT molecular complexity index is 721. The molecule has 14 heteroatoms. The van der Waals surface area contributed by atoms with Crippen molar-refractivity contribution in [2.45, 2.75) is 24.4 Å². The second-order valence-corrected chi connectivity index (χ2v) is 7.20. The van der Waals surface area contributed by atoms with Crippen LogP contribution in [-0.4, -0.2) is 58.5 Å². The van der Waals surface area contributed by atoms with E-state index in [1.165, 1.54) is 0 Å². The molecular weight excluding hydrogens is 381 g/mol. The topological polar surface area (TPSA) is 168 Å². The van der Waals surface area contributed by atoms with Crippen molar-refractivity contribution >= 4 is 50.8 Å². The van der Waals surface area contributed by atoms with E-state index in [1.54, 1.807) is 0 Å². The standard InChI is InChI=1S/C10H14N5O6PS2/c11-10-14-7-4(8(16)15-10)12-3-6(24)5(23)2(21-9(3)13-7)1-20-22(17,18)19/h2-4,9,12,23-24H,1H2,(H2,17,18,19)(H3,11,13,14,15,16)/p-2/t2-,3+,4?,9-/m1/s1. The van der Waals surface area contributed by atoms with E-state index in [9.17, 15) is 9.36 Å². The Balaban J connectivity index is 1.86. The van der Waals surface area contributed by atoms with E-state index < -0.39 is 44.8 Å². The summed E-state index contributed by atoms with van der Waals surface area (Å²) in [6.45, 7) is -0.480. The van der Waals surface area contributed by atoms with E-state index in [1.807, 2.05) is 0 Å². The number of hydrogen-bond acceptors (Lipinski definition) is 10. The molecule has 11 nitrogen and oxygen atoms in total. The van der Waals surface area contributed by atoms with Crippen molar-refractivity contribution in [2.75, 3.05) is 6.61 Å². The van der Waals surface area contributed by atoms with Crippen LogP contribution in [0.25, 0.3) is 0 Å². The SMILES string of the molecule is NC1=NC2=N[C@@H]3O[C@H](COP(=O)(O)O)C([S-])=C([S-])[C@@H]3NC2C(=O)N1. The van der Waals surface area contributed by atoms with Gasteiger partial charge in [-0.15, -0.1) is 0 Å². The Labute approximate surface area is 146 Å². The van der Waals surface area contributed by atoms with Gasteiger partial charge in [0, 0.05) is 0 Å². The van der Waals surface area contributed by atoms with Crippen LogP contribution in [0.4, 0.5) is 0 Å². The number of rotatable bonds is 3. The number of nitrogens with two attached hydrogens (primary N) is 1. The quantitative estimate of drug-likeness (QED) is 0.251. The first kappa shape index (κ1) is 17.6. The molecule has 0 radical (unpaired) electrons. The van der Waals surface area contributed by atoms with Gasteiger partial charge in [-0.2, -0.15) is 14.8 Å². The predicted molar refractivity (Wildman–Crippen MR) is 86.3 cm³/mol. The number of amidine groups is 1. The van der Waals surface area contributed by atoms with Gasteiger partial charge in [0.15, 0.2) is 12.1 Å². The number of hydrogen-bond donors (Lipinski definition) is 5. The largest absolute Gasteiger partial charge is 0.784 e. The van der Waals surface area contributed by atoms with Crippen LogP contribution in [0.2, 0.25) is 0 Å². The van der Waals surface area contributed by atoms with Crippen LogP contribution in [0, 0.1) is 0 Å². The molecule has 0 saturated heterocycles. The molecule has 0 aliphatic carbocycles. The second-order valence-electron chi connectivity index (χ2n) is 5.08. The molecule has 0 aromatic carbocycles. The number of fused-ring (bicyclic) bond motifs is 2. The number of guanidine groups is 1. The maximum Gasteiger partial charge on any atom is 0.469 e. The van der Waals surface area contributed by atoms with Gasteiger partial charge in [0.1, 0.15) is 6.04 Å². The Morgan fingerprint density at radius 2 is 2.08 bits per heavy atom. The lowest BCUT2D eigenvalue weighted by Gasteiger charge is -2.48. The number of aliphatic imine (C=N–C) groups is 2. The van der Waals surface area contributed by atoms with Gasteiger partial charge in [-0.25, -0.2) is 9.56 Å². The molecule has 0 saturated carbocycles. The van der Waals surface area contributed by atoms with Crippen LogP contribution in [0.3, 0.4) is 0 Å². The molecule has 1 unspecified atom stereocenters. The zero-order valence-corrected chi connectivity index (χ0v) is 14.3. The van der Waals surface area contributed by atoms with E-state index in [0.717, 1.165) is 0 Å². The number of amides is 1. The van der Waals surface area contributed by atoms with Crippen molar-refractivity contribution in [2.24, 2.45) is 15.7 Å². The summed E-state index contributed by atoms with van der Waals surface area (Å²) in [6.07, 6.45) is -1.83.